The zero-order valence-corrected chi connectivity index (χ0v) is 10.6. The van der Waals surface area contributed by atoms with E-state index in [1.165, 1.54) is 0 Å². The molecule has 0 aliphatic rings. The standard InChI is InChI=1S/C12H22N2O2/c1-5-7-14-8-6-13-11(14)12(15,9-16-4)10(2)3/h6,8,10,15H,5,7,9H2,1-4H3. The molecule has 1 heterocycles. The van der Waals surface area contributed by atoms with Crippen LogP contribution >= 0.6 is 0 Å². The van der Waals surface area contributed by atoms with Gasteiger partial charge in [-0.2, -0.15) is 0 Å². The lowest BCUT2D eigenvalue weighted by atomic mass is 9.90. The first-order chi connectivity index (χ1) is 7.56. The molecule has 0 radical (unpaired) electrons. The molecule has 0 spiro atoms. The van der Waals surface area contributed by atoms with Crippen LogP contribution in [0, 0.1) is 5.92 Å². The maximum absolute atomic E-state index is 10.6. The van der Waals surface area contributed by atoms with Crippen LogP contribution in [-0.2, 0) is 16.9 Å². The summed E-state index contributed by atoms with van der Waals surface area (Å²) in [5.41, 5.74) is -1.01. The number of rotatable bonds is 6. The van der Waals surface area contributed by atoms with E-state index in [-0.39, 0.29) is 12.5 Å². The molecule has 0 aliphatic heterocycles. The van der Waals surface area contributed by atoms with Crippen LogP contribution in [-0.4, -0.2) is 28.4 Å². The van der Waals surface area contributed by atoms with E-state index in [1.54, 1.807) is 13.3 Å². The highest BCUT2D eigenvalue weighted by atomic mass is 16.5. The van der Waals surface area contributed by atoms with Crippen molar-refractivity contribution in [1.29, 1.82) is 0 Å². The highest BCUT2D eigenvalue weighted by Crippen LogP contribution is 2.28. The predicted molar refractivity (Wildman–Crippen MR) is 63.1 cm³/mol. The largest absolute Gasteiger partial charge is 0.381 e. The first-order valence-corrected chi connectivity index (χ1v) is 5.79. The molecule has 92 valence electrons. The number of nitrogens with zero attached hydrogens (tertiary/aromatic N) is 2. The molecule has 0 aromatic carbocycles. The van der Waals surface area contributed by atoms with Gasteiger partial charge in [-0.25, -0.2) is 4.98 Å². The highest BCUT2D eigenvalue weighted by molar-refractivity contribution is 5.06. The first kappa shape index (κ1) is 13.2. The van der Waals surface area contributed by atoms with Gasteiger partial charge < -0.3 is 14.4 Å². The number of aliphatic hydroxyl groups is 1. The monoisotopic (exact) mass is 226 g/mol. The van der Waals surface area contributed by atoms with Crippen molar-refractivity contribution in [1.82, 2.24) is 9.55 Å². The van der Waals surface area contributed by atoms with Gasteiger partial charge in [0.1, 0.15) is 11.4 Å². The average molecular weight is 226 g/mol. The smallest absolute Gasteiger partial charge is 0.148 e. The summed E-state index contributed by atoms with van der Waals surface area (Å²) in [6, 6.07) is 0. The van der Waals surface area contributed by atoms with Gasteiger partial charge in [0.15, 0.2) is 0 Å². The molecule has 1 N–H and O–H groups in total. The molecule has 1 atom stereocenters. The lowest BCUT2D eigenvalue weighted by Gasteiger charge is -2.31. The van der Waals surface area contributed by atoms with Crippen molar-refractivity contribution in [2.24, 2.45) is 5.92 Å². The van der Waals surface area contributed by atoms with Crippen LogP contribution in [0.4, 0.5) is 0 Å². The maximum atomic E-state index is 10.6. The lowest BCUT2D eigenvalue weighted by Crippen LogP contribution is -2.39. The molecule has 1 unspecified atom stereocenters. The molecule has 0 saturated carbocycles. The molecule has 0 bridgehead atoms. The molecule has 4 heteroatoms. The van der Waals surface area contributed by atoms with Crippen molar-refractivity contribution in [2.75, 3.05) is 13.7 Å². The van der Waals surface area contributed by atoms with E-state index in [0.29, 0.717) is 5.82 Å². The summed E-state index contributed by atoms with van der Waals surface area (Å²) in [6.45, 7) is 7.20. The summed E-state index contributed by atoms with van der Waals surface area (Å²) in [4.78, 5) is 4.28. The molecular weight excluding hydrogens is 204 g/mol. The van der Waals surface area contributed by atoms with Crippen molar-refractivity contribution >= 4 is 0 Å². The Kier molecular flexibility index (Phi) is 4.50. The Morgan fingerprint density at radius 2 is 2.25 bits per heavy atom. The Morgan fingerprint density at radius 3 is 2.75 bits per heavy atom. The van der Waals surface area contributed by atoms with Gasteiger partial charge in [-0.15, -0.1) is 0 Å². The molecule has 0 fully saturated rings. The molecule has 1 aromatic rings. The van der Waals surface area contributed by atoms with E-state index in [1.807, 2.05) is 24.6 Å². The Hall–Kier alpha value is -0.870. The lowest BCUT2D eigenvalue weighted by molar-refractivity contribution is -0.0786. The number of methoxy groups -OCH3 is 1. The van der Waals surface area contributed by atoms with Crippen LogP contribution in [0.3, 0.4) is 0 Å². The Bertz CT molecular complexity index is 323. The zero-order chi connectivity index (χ0) is 12.2. The summed E-state index contributed by atoms with van der Waals surface area (Å²) in [7, 11) is 1.60. The fourth-order valence-corrected chi connectivity index (χ4v) is 1.82. The van der Waals surface area contributed by atoms with Crippen LogP contribution in [0.2, 0.25) is 0 Å². The quantitative estimate of drug-likeness (QED) is 0.804. The molecule has 0 amide bonds. The summed E-state index contributed by atoms with van der Waals surface area (Å²) >= 11 is 0. The Morgan fingerprint density at radius 1 is 1.56 bits per heavy atom. The Balaban J connectivity index is 3.05. The zero-order valence-electron chi connectivity index (χ0n) is 10.6. The van der Waals surface area contributed by atoms with E-state index in [9.17, 15) is 5.11 Å². The van der Waals surface area contributed by atoms with Crippen LogP contribution in [0.25, 0.3) is 0 Å². The first-order valence-electron chi connectivity index (χ1n) is 5.79. The maximum Gasteiger partial charge on any atom is 0.148 e. The van der Waals surface area contributed by atoms with Gasteiger partial charge in [0, 0.05) is 26.0 Å². The summed E-state index contributed by atoms with van der Waals surface area (Å²) < 4.78 is 7.12. The number of imidazole rings is 1. The van der Waals surface area contributed by atoms with E-state index in [4.69, 9.17) is 4.74 Å². The van der Waals surface area contributed by atoms with E-state index >= 15 is 0 Å². The van der Waals surface area contributed by atoms with Crippen LogP contribution in [0.1, 0.15) is 33.0 Å². The van der Waals surface area contributed by atoms with Crippen molar-refractivity contribution in [3.63, 3.8) is 0 Å². The highest BCUT2D eigenvalue weighted by Gasteiger charge is 2.37. The Labute approximate surface area is 97.3 Å². The minimum Gasteiger partial charge on any atom is -0.381 e. The van der Waals surface area contributed by atoms with E-state index in [2.05, 4.69) is 11.9 Å². The van der Waals surface area contributed by atoms with Gasteiger partial charge in [0.2, 0.25) is 0 Å². The van der Waals surface area contributed by atoms with E-state index in [0.717, 1.165) is 13.0 Å². The van der Waals surface area contributed by atoms with Crippen molar-refractivity contribution < 1.29 is 9.84 Å². The number of hydrogen-bond acceptors (Lipinski definition) is 3. The van der Waals surface area contributed by atoms with Crippen LogP contribution in [0.5, 0.6) is 0 Å². The molecule has 1 aromatic heterocycles. The van der Waals surface area contributed by atoms with Crippen molar-refractivity contribution in [2.45, 2.75) is 39.3 Å². The van der Waals surface area contributed by atoms with E-state index < -0.39 is 5.60 Å². The van der Waals surface area contributed by atoms with Crippen molar-refractivity contribution in [3.05, 3.63) is 18.2 Å². The molecular formula is C12H22N2O2. The number of ether oxygens (including phenoxy) is 1. The molecule has 16 heavy (non-hydrogen) atoms. The normalized spacial score (nSPS) is 15.4. The topological polar surface area (TPSA) is 47.3 Å². The third-order valence-electron chi connectivity index (χ3n) is 2.89. The fourth-order valence-electron chi connectivity index (χ4n) is 1.82. The fraction of sp³-hybridized carbons (Fsp3) is 0.750. The minimum atomic E-state index is -1.01. The van der Waals surface area contributed by atoms with Gasteiger partial charge in [-0.05, 0) is 12.3 Å². The third kappa shape index (κ3) is 2.44. The predicted octanol–water partition coefficient (Wildman–Crippen LogP) is 1.78. The molecule has 0 saturated heterocycles. The van der Waals surface area contributed by atoms with Crippen LogP contribution in [0.15, 0.2) is 12.4 Å². The minimum absolute atomic E-state index is 0.0606. The second-order valence-corrected chi connectivity index (χ2v) is 4.46. The van der Waals surface area contributed by atoms with Crippen molar-refractivity contribution in [3.8, 4) is 0 Å². The number of hydrogen-bond donors (Lipinski definition) is 1. The second-order valence-electron chi connectivity index (χ2n) is 4.46. The molecule has 4 nitrogen and oxygen atoms in total. The summed E-state index contributed by atoms with van der Waals surface area (Å²) in [6.07, 6.45) is 4.65. The molecule has 1 rings (SSSR count). The second kappa shape index (κ2) is 5.46. The summed E-state index contributed by atoms with van der Waals surface area (Å²) in [5.74, 6) is 0.761. The van der Waals surface area contributed by atoms with Gasteiger partial charge in [0.25, 0.3) is 0 Å². The number of aromatic nitrogens is 2. The van der Waals surface area contributed by atoms with Gasteiger partial charge in [0.05, 0.1) is 6.61 Å². The SMILES string of the molecule is CCCn1ccnc1C(O)(COC)C(C)C. The van der Waals surface area contributed by atoms with Gasteiger partial charge >= 0.3 is 0 Å². The van der Waals surface area contributed by atoms with Gasteiger partial charge in [-0.3, -0.25) is 0 Å². The third-order valence-corrected chi connectivity index (χ3v) is 2.89. The molecule has 0 aliphatic carbocycles. The van der Waals surface area contributed by atoms with Gasteiger partial charge in [-0.1, -0.05) is 20.8 Å². The number of aryl methyl sites for hydroxylation is 1. The van der Waals surface area contributed by atoms with Crippen LogP contribution < -0.4 is 0 Å². The summed E-state index contributed by atoms with van der Waals surface area (Å²) in [5, 5.41) is 10.6. The average Bonchev–Trinajstić information content (AvgIpc) is 2.67.